The summed E-state index contributed by atoms with van der Waals surface area (Å²) in [5, 5.41) is 0. The lowest BCUT2D eigenvalue weighted by Crippen LogP contribution is -2.37. The predicted octanol–water partition coefficient (Wildman–Crippen LogP) is 14.3. The van der Waals surface area contributed by atoms with Gasteiger partial charge in [-0.05, 0) is 51.4 Å². The van der Waals surface area contributed by atoms with E-state index in [-0.39, 0.29) is 26.1 Å². The first-order valence-electron chi connectivity index (χ1n) is 25.1. The SMILES string of the molecule is CC/C=C/C/C=C/C/C=C/C/C=C/C/C=C/C/C=C/CCC(=O)OC[C@H](COP(=O)([O-])OCC[N+](C)(C)C)OC(=O)CCCCCCCCCCCCCCCCCCCCCC. The molecule has 10 heteroatoms. The Kier molecular flexibility index (Phi) is 42.8. The van der Waals surface area contributed by atoms with Crippen molar-refractivity contribution in [1.82, 2.24) is 0 Å². The third-order valence-corrected chi connectivity index (χ3v) is 11.5. The zero-order valence-corrected chi connectivity index (χ0v) is 41.9. The Labute approximate surface area is 387 Å². The molecule has 0 rings (SSSR count). The summed E-state index contributed by atoms with van der Waals surface area (Å²) in [5.41, 5.74) is 0. The Bertz CT molecular complexity index is 1300. The molecule has 2 atom stereocenters. The summed E-state index contributed by atoms with van der Waals surface area (Å²) in [5.74, 6) is -0.930. The zero-order chi connectivity index (χ0) is 46.4. The maximum absolute atomic E-state index is 12.7. The molecule has 0 bridgehead atoms. The summed E-state index contributed by atoms with van der Waals surface area (Å²) in [6.45, 7) is 4.04. The molecule has 0 fully saturated rings. The number of likely N-dealkylation sites (N-methyl/N-ethyl adjacent to an activating group) is 1. The summed E-state index contributed by atoms with van der Waals surface area (Å²) < 4.78 is 33.9. The molecule has 0 heterocycles. The van der Waals surface area contributed by atoms with Gasteiger partial charge in [0.05, 0.1) is 27.7 Å². The lowest BCUT2D eigenvalue weighted by Gasteiger charge is -2.28. The molecule has 0 aromatic rings. The first kappa shape index (κ1) is 60.5. The van der Waals surface area contributed by atoms with E-state index in [1.54, 1.807) is 0 Å². The molecule has 0 spiro atoms. The number of unbranched alkanes of at least 4 members (excludes halogenated alkanes) is 19. The molecule has 0 saturated heterocycles. The van der Waals surface area contributed by atoms with Crippen molar-refractivity contribution in [2.75, 3.05) is 47.5 Å². The number of esters is 2. The van der Waals surface area contributed by atoms with Crippen LogP contribution in [0.2, 0.25) is 0 Å². The van der Waals surface area contributed by atoms with Crippen molar-refractivity contribution < 1.29 is 42.1 Å². The molecule has 0 aliphatic heterocycles. The molecule has 9 nitrogen and oxygen atoms in total. The molecule has 0 aliphatic carbocycles. The maximum Gasteiger partial charge on any atom is 0.306 e. The van der Waals surface area contributed by atoms with Gasteiger partial charge in [-0.1, -0.05) is 209 Å². The third kappa shape index (κ3) is 48.7. The predicted molar refractivity (Wildman–Crippen MR) is 263 cm³/mol. The van der Waals surface area contributed by atoms with Crippen molar-refractivity contribution in [1.29, 1.82) is 0 Å². The van der Waals surface area contributed by atoms with Crippen LogP contribution >= 0.6 is 7.82 Å². The normalized spacial score (nSPS) is 14.1. The Morgan fingerprint density at radius 2 is 0.905 bits per heavy atom. The van der Waals surface area contributed by atoms with Crippen molar-refractivity contribution in [3.05, 3.63) is 72.9 Å². The Morgan fingerprint density at radius 3 is 1.32 bits per heavy atom. The minimum atomic E-state index is -4.65. The molecule has 63 heavy (non-hydrogen) atoms. The van der Waals surface area contributed by atoms with E-state index in [2.05, 4.69) is 74.6 Å². The van der Waals surface area contributed by atoms with Gasteiger partial charge in [-0.3, -0.25) is 14.2 Å². The van der Waals surface area contributed by atoms with Crippen molar-refractivity contribution in [3.63, 3.8) is 0 Å². The van der Waals surface area contributed by atoms with Crippen LogP contribution in [0.1, 0.15) is 200 Å². The lowest BCUT2D eigenvalue weighted by molar-refractivity contribution is -0.870. The molecular formula is C53H94NO8P. The number of hydrogen-bond acceptors (Lipinski definition) is 8. The van der Waals surface area contributed by atoms with E-state index >= 15 is 0 Å². The van der Waals surface area contributed by atoms with Gasteiger partial charge in [0, 0.05) is 12.8 Å². The first-order chi connectivity index (χ1) is 30.5. The van der Waals surface area contributed by atoms with Crippen LogP contribution in [0.3, 0.4) is 0 Å². The van der Waals surface area contributed by atoms with Crippen LogP contribution in [0.4, 0.5) is 0 Å². The van der Waals surface area contributed by atoms with Crippen LogP contribution in [0.15, 0.2) is 72.9 Å². The van der Waals surface area contributed by atoms with Crippen molar-refractivity contribution in [2.45, 2.75) is 206 Å². The highest BCUT2D eigenvalue weighted by Gasteiger charge is 2.21. The van der Waals surface area contributed by atoms with Gasteiger partial charge in [0.2, 0.25) is 0 Å². The van der Waals surface area contributed by atoms with Gasteiger partial charge in [0.1, 0.15) is 19.8 Å². The topological polar surface area (TPSA) is 111 Å². The van der Waals surface area contributed by atoms with Gasteiger partial charge in [-0.15, -0.1) is 0 Å². The molecule has 0 saturated carbocycles. The summed E-state index contributed by atoms with van der Waals surface area (Å²) in [4.78, 5) is 37.7. The fraction of sp³-hybridized carbons (Fsp3) is 0.736. The smallest absolute Gasteiger partial charge is 0.306 e. The van der Waals surface area contributed by atoms with E-state index in [1.165, 1.54) is 103 Å². The number of ether oxygens (including phenoxy) is 2. The standard InChI is InChI=1S/C53H94NO8P/c1-6-8-10-12-14-16-18-20-22-24-26-28-30-32-34-36-38-40-42-44-46-53(56)62-51(50-61-63(57,58)60-48-47-54(3,4)5)49-59-52(55)45-43-41-39-37-35-33-31-29-27-25-23-21-19-17-15-13-11-9-7-2/h9,11,15,17,21,23,27,29,33,35,39,41,51H,6-8,10,12-14,16,18-20,22,24-26,28,30-32,34,36-38,40,42-50H2,1-5H3/b11-9+,17-15+,23-21+,29-27+,35-33+,41-39+/t51-/m1/s1. The van der Waals surface area contributed by atoms with Crippen molar-refractivity contribution in [2.24, 2.45) is 0 Å². The molecule has 0 N–H and O–H groups in total. The van der Waals surface area contributed by atoms with Crippen LogP contribution in [0.25, 0.3) is 0 Å². The number of nitrogens with zero attached hydrogens (tertiary/aromatic N) is 1. The maximum atomic E-state index is 12.7. The minimum Gasteiger partial charge on any atom is -0.756 e. The van der Waals surface area contributed by atoms with Crippen LogP contribution in [0, 0.1) is 0 Å². The van der Waals surface area contributed by atoms with Gasteiger partial charge in [0.25, 0.3) is 7.82 Å². The fourth-order valence-corrected chi connectivity index (χ4v) is 7.35. The first-order valence-corrected chi connectivity index (χ1v) is 26.6. The van der Waals surface area contributed by atoms with Gasteiger partial charge >= 0.3 is 11.9 Å². The average molecular weight is 904 g/mol. The number of quaternary nitrogens is 1. The summed E-state index contributed by atoms with van der Waals surface area (Å²) >= 11 is 0. The number of phosphoric ester groups is 1. The zero-order valence-electron chi connectivity index (χ0n) is 41.0. The second-order valence-electron chi connectivity index (χ2n) is 17.8. The second kappa shape index (κ2) is 44.6. The van der Waals surface area contributed by atoms with E-state index in [0.717, 1.165) is 57.8 Å². The Balaban J connectivity index is 4.37. The van der Waals surface area contributed by atoms with Crippen LogP contribution in [-0.2, 0) is 32.7 Å². The molecule has 0 amide bonds. The minimum absolute atomic E-state index is 0.0439. The number of carbonyl (C=O) groups is 2. The van der Waals surface area contributed by atoms with E-state index in [0.29, 0.717) is 23.9 Å². The molecule has 0 radical (unpaired) electrons. The molecule has 0 aromatic heterocycles. The number of phosphoric acid groups is 1. The highest BCUT2D eigenvalue weighted by Crippen LogP contribution is 2.38. The Hall–Kier alpha value is -2.55. The summed E-state index contributed by atoms with van der Waals surface area (Å²) in [7, 11) is 1.12. The molecule has 0 aromatic carbocycles. The van der Waals surface area contributed by atoms with Gasteiger partial charge in [-0.2, -0.15) is 0 Å². The third-order valence-electron chi connectivity index (χ3n) is 10.5. The van der Waals surface area contributed by atoms with Crippen molar-refractivity contribution in [3.8, 4) is 0 Å². The molecular weight excluding hydrogens is 810 g/mol. The number of rotatable bonds is 45. The largest absolute Gasteiger partial charge is 0.756 e. The monoisotopic (exact) mass is 904 g/mol. The number of hydrogen-bond donors (Lipinski definition) is 0. The van der Waals surface area contributed by atoms with Gasteiger partial charge in [0.15, 0.2) is 6.10 Å². The van der Waals surface area contributed by atoms with Crippen LogP contribution < -0.4 is 4.89 Å². The molecule has 364 valence electrons. The summed E-state index contributed by atoms with van der Waals surface area (Å²) in [6.07, 6.45) is 56.6. The van der Waals surface area contributed by atoms with Gasteiger partial charge < -0.3 is 27.9 Å². The second-order valence-corrected chi connectivity index (χ2v) is 19.2. The van der Waals surface area contributed by atoms with E-state index in [1.807, 2.05) is 33.3 Å². The summed E-state index contributed by atoms with van der Waals surface area (Å²) in [6, 6.07) is 0. The fourth-order valence-electron chi connectivity index (χ4n) is 6.62. The van der Waals surface area contributed by atoms with E-state index in [9.17, 15) is 19.0 Å². The highest BCUT2D eigenvalue weighted by atomic mass is 31.2. The van der Waals surface area contributed by atoms with Crippen LogP contribution in [0.5, 0.6) is 0 Å². The van der Waals surface area contributed by atoms with E-state index in [4.69, 9.17) is 18.5 Å². The van der Waals surface area contributed by atoms with Crippen molar-refractivity contribution >= 4 is 19.8 Å². The highest BCUT2D eigenvalue weighted by molar-refractivity contribution is 7.45. The van der Waals surface area contributed by atoms with Crippen LogP contribution in [-0.4, -0.2) is 70.0 Å². The van der Waals surface area contributed by atoms with E-state index < -0.39 is 32.5 Å². The molecule has 0 aliphatic rings. The number of allylic oxidation sites excluding steroid dienone is 12. The van der Waals surface area contributed by atoms with Gasteiger partial charge in [-0.25, -0.2) is 0 Å². The number of carbonyl (C=O) groups excluding carboxylic acids is 2. The lowest BCUT2D eigenvalue weighted by atomic mass is 10.0. The molecule has 1 unspecified atom stereocenters. The quantitative estimate of drug-likeness (QED) is 0.0195. The average Bonchev–Trinajstić information content (AvgIpc) is 3.24. The Morgan fingerprint density at radius 1 is 0.508 bits per heavy atom.